The van der Waals surface area contributed by atoms with Crippen molar-refractivity contribution in [1.82, 2.24) is 0 Å². The summed E-state index contributed by atoms with van der Waals surface area (Å²) in [5.74, 6) is 0.813. The Hall–Kier alpha value is -1.68. The predicted octanol–water partition coefficient (Wildman–Crippen LogP) is 6.95. The van der Waals surface area contributed by atoms with Gasteiger partial charge in [0.25, 0.3) is 0 Å². The minimum absolute atomic E-state index is 0.537. The maximum absolute atomic E-state index is 6.17. The summed E-state index contributed by atoms with van der Waals surface area (Å²) in [4.78, 5) is 0. The molecule has 0 saturated heterocycles. The van der Waals surface area contributed by atoms with E-state index < -0.39 is 0 Å². The number of rotatable bonds is 6. The molecule has 0 fully saturated rings. The number of nitrogens with one attached hydrogen (secondary N) is 1. The Balaban J connectivity index is 1.62. The first kappa shape index (κ1) is 18.1. The van der Waals surface area contributed by atoms with Crippen LogP contribution < -0.4 is 10.1 Å². The molecule has 2 nitrogen and oxygen atoms in total. The Kier molecular flexibility index (Phi) is 6.24. The van der Waals surface area contributed by atoms with E-state index in [2.05, 4.69) is 21.2 Å². The molecule has 0 aromatic heterocycles. The molecule has 0 bridgehead atoms. The van der Waals surface area contributed by atoms with Crippen molar-refractivity contribution in [3.8, 4) is 5.75 Å². The van der Waals surface area contributed by atoms with Crippen molar-refractivity contribution in [3.05, 3.63) is 92.4 Å². The second-order valence-electron chi connectivity index (χ2n) is 5.52. The van der Waals surface area contributed by atoms with Gasteiger partial charge in [-0.05, 0) is 57.4 Å². The van der Waals surface area contributed by atoms with Gasteiger partial charge in [0.15, 0.2) is 0 Å². The van der Waals surface area contributed by atoms with E-state index in [1.807, 2.05) is 54.6 Å². The molecule has 3 aromatic rings. The first-order valence-corrected chi connectivity index (χ1v) is 9.31. The van der Waals surface area contributed by atoms with Gasteiger partial charge in [0.1, 0.15) is 12.4 Å². The average Bonchev–Trinajstić information content (AvgIpc) is 2.62. The summed E-state index contributed by atoms with van der Waals surface area (Å²) in [7, 11) is 0. The standard InChI is InChI=1S/C20H16BrCl2NO/c21-17-10-15(12-24-19-11-16(22)7-8-18(19)23)6-9-20(17)25-13-14-4-2-1-3-5-14/h1-11,24H,12-13H2. The molecule has 25 heavy (non-hydrogen) atoms. The number of halogens is 3. The van der Waals surface area contributed by atoms with Crippen LogP contribution in [0, 0.1) is 0 Å². The minimum atomic E-state index is 0.537. The van der Waals surface area contributed by atoms with E-state index >= 15 is 0 Å². The third-order valence-corrected chi connectivity index (χ3v) is 4.83. The monoisotopic (exact) mass is 435 g/mol. The Morgan fingerprint density at radius 3 is 2.44 bits per heavy atom. The van der Waals surface area contributed by atoms with Gasteiger partial charge < -0.3 is 10.1 Å². The molecule has 0 aliphatic heterocycles. The highest BCUT2D eigenvalue weighted by molar-refractivity contribution is 9.10. The van der Waals surface area contributed by atoms with E-state index in [-0.39, 0.29) is 0 Å². The number of anilines is 1. The van der Waals surface area contributed by atoms with Crippen LogP contribution in [0.15, 0.2) is 71.2 Å². The van der Waals surface area contributed by atoms with E-state index in [9.17, 15) is 0 Å². The van der Waals surface area contributed by atoms with Gasteiger partial charge in [0, 0.05) is 11.6 Å². The largest absolute Gasteiger partial charge is 0.488 e. The van der Waals surface area contributed by atoms with Gasteiger partial charge >= 0.3 is 0 Å². The van der Waals surface area contributed by atoms with Gasteiger partial charge in [0.2, 0.25) is 0 Å². The van der Waals surface area contributed by atoms with E-state index in [1.54, 1.807) is 12.1 Å². The Morgan fingerprint density at radius 1 is 0.880 bits per heavy atom. The summed E-state index contributed by atoms with van der Waals surface area (Å²) in [6.07, 6.45) is 0. The lowest BCUT2D eigenvalue weighted by Crippen LogP contribution is -2.01. The molecule has 1 N–H and O–H groups in total. The van der Waals surface area contributed by atoms with Crippen LogP contribution >= 0.6 is 39.1 Å². The van der Waals surface area contributed by atoms with Crippen LogP contribution in [0.3, 0.4) is 0 Å². The van der Waals surface area contributed by atoms with Gasteiger partial charge in [-0.25, -0.2) is 0 Å². The second kappa shape index (κ2) is 8.61. The van der Waals surface area contributed by atoms with Gasteiger partial charge in [-0.2, -0.15) is 0 Å². The maximum Gasteiger partial charge on any atom is 0.134 e. The maximum atomic E-state index is 6.17. The third-order valence-electron chi connectivity index (χ3n) is 3.64. The van der Waals surface area contributed by atoms with Crippen molar-refractivity contribution in [2.45, 2.75) is 13.2 Å². The number of hydrogen-bond acceptors (Lipinski definition) is 2. The van der Waals surface area contributed by atoms with Crippen molar-refractivity contribution in [2.75, 3.05) is 5.32 Å². The number of benzene rings is 3. The minimum Gasteiger partial charge on any atom is -0.488 e. The highest BCUT2D eigenvalue weighted by atomic mass is 79.9. The highest BCUT2D eigenvalue weighted by Gasteiger charge is 2.05. The summed E-state index contributed by atoms with van der Waals surface area (Å²) in [6.45, 7) is 1.17. The van der Waals surface area contributed by atoms with E-state index in [4.69, 9.17) is 27.9 Å². The van der Waals surface area contributed by atoms with E-state index in [0.29, 0.717) is 23.2 Å². The first-order valence-electron chi connectivity index (χ1n) is 7.76. The molecule has 0 aliphatic carbocycles. The van der Waals surface area contributed by atoms with Crippen LogP contribution in [0.25, 0.3) is 0 Å². The fraction of sp³-hybridized carbons (Fsp3) is 0.100. The fourth-order valence-corrected chi connectivity index (χ4v) is 3.23. The smallest absolute Gasteiger partial charge is 0.134 e. The molecule has 0 atom stereocenters. The van der Waals surface area contributed by atoms with Crippen molar-refractivity contribution in [2.24, 2.45) is 0 Å². The number of ether oxygens (including phenoxy) is 1. The lowest BCUT2D eigenvalue weighted by molar-refractivity contribution is 0.304. The SMILES string of the molecule is Clc1ccc(Cl)c(NCc2ccc(OCc3ccccc3)c(Br)c2)c1. The lowest BCUT2D eigenvalue weighted by Gasteiger charge is -2.12. The fourth-order valence-electron chi connectivity index (χ4n) is 2.34. The van der Waals surface area contributed by atoms with Gasteiger partial charge in [-0.1, -0.05) is 59.6 Å². The molecule has 0 spiro atoms. The molecule has 0 saturated carbocycles. The summed E-state index contributed by atoms with van der Waals surface area (Å²) < 4.78 is 6.79. The quantitative estimate of drug-likeness (QED) is 0.451. The number of hydrogen-bond donors (Lipinski definition) is 1. The normalized spacial score (nSPS) is 10.5. The van der Waals surface area contributed by atoms with Crippen LogP contribution in [0.5, 0.6) is 5.75 Å². The molecule has 3 aromatic carbocycles. The lowest BCUT2D eigenvalue weighted by atomic mass is 10.2. The zero-order valence-corrected chi connectivity index (χ0v) is 16.4. The summed E-state index contributed by atoms with van der Waals surface area (Å²) in [5, 5.41) is 4.59. The van der Waals surface area contributed by atoms with E-state index in [0.717, 1.165) is 27.0 Å². The summed E-state index contributed by atoms with van der Waals surface area (Å²) >= 11 is 15.7. The van der Waals surface area contributed by atoms with Gasteiger partial charge in [-0.15, -0.1) is 0 Å². The van der Waals surface area contributed by atoms with Crippen LogP contribution in [-0.2, 0) is 13.2 Å². The molecule has 5 heteroatoms. The molecule has 0 amide bonds. The van der Waals surface area contributed by atoms with Crippen LogP contribution in [-0.4, -0.2) is 0 Å². The van der Waals surface area contributed by atoms with Crippen LogP contribution in [0.2, 0.25) is 10.0 Å². The third kappa shape index (κ3) is 5.15. The molecule has 0 heterocycles. The zero-order valence-electron chi connectivity index (χ0n) is 13.3. The molecule has 128 valence electrons. The van der Waals surface area contributed by atoms with Crippen molar-refractivity contribution in [3.63, 3.8) is 0 Å². The molecular formula is C20H16BrCl2NO. The Morgan fingerprint density at radius 2 is 1.68 bits per heavy atom. The Bertz CT molecular complexity index is 856. The van der Waals surface area contributed by atoms with Crippen molar-refractivity contribution >= 4 is 44.8 Å². The highest BCUT2D eigenvalue weighted by Crippen LogP contribution is 2.29. The molecule has 0 aliphatic rings. The Labute approximate surface area is 165 Å². The summed E-state index contributed by atoms with van der Waals surface area (Å²) in [6, 6.07) is 21.5. The molecule has 3 rings (SSSR count). The molecule has 0 radical (unpaired) electrons. The second-order valence-corrected chi connectivity index (χ2v) is 7.21. The van der Waals surface area contributed by atoms with Gasteiger partial charge in [0.05, 0.1) is 15.2 Å². The van der Waals surface area contributed by atoms with Gasteiger partial charge in [-0.3, -0.25) is 0 Å². The van der Waals surface area contributed by atoms with Crippen molar-refractivity contribution < 1.29 is 4.74 Å². The van der Waals surface area contributed by atoms with E-state index in [1.165, 1.54) is 0 Å². The topological polar surface area (TPSA) is 21.3 Å². The predicted molar refractivity (Wildman–Crippen MR) is 109 cm³/mol. The molecular weight excluding hydrogens is 421 g/mol. The van der Waals surface area contributed by atoms with Crippen LogP contribution in [0.1, 0.15) is 11.1 Å². The van der Waals surface area contributed by atoms with Crippen LogP contribution in [0.4, 0.5) is 5.69 Å². The molecule has 0 unspecified atom stereocenters. The van der Waals surface area contributed by atoms with Crippen molar-refractivity contribution in [1.29, 1.82) is 0 Å². The summed E-state index contributed by atoms with van der Waals surface area (Å²) in [5.41, 5.74) is 3.06. The average molecular weight is 437 g/mol. The first-order chi connectivity index (χ1) is 12.1. The zero-order chi connectivity index (χ0) is 17.6.